The molecule has 2 aromatic carbocycles. The summed E-state index contributed by atoms with van der Waals surface area (Å²) in [5.41, 5.74) is -0.754. The first kappa shape index (κ1) is 21.8. The van der Waals surface area contributed by atoms with Crippen LogP contribution in [-0.2, 0) is 27.0 Å². The van der Waals surface area contributed by atoms with Gasteiger partial charge in [-0.15, -0.1) is 0 Å². The van der Waals surface area contributed by atoms with Gasteiger partial charge in [0.15, 0.2) is 6.29 Å². The van der Waals surface area contributed by atoms with Crippen molar-refractivity contribution in [3.05, 3.63) is 59.3 Å². The molecule has 0 aliphatic rings. The van der Waals surface area contributed by atoms with Gasteiger partial charge in [0, 0.05) is 17.4 Å². The van der Waals surface area contributed by atoms with E-state index in [1.807, 2.05) is 0 Å². The molecule has 10 heteroatoms. The van der Waals surface area contributed by atoms with E-state index in [1.54, 1.807) is 19.1 Å². The largest absolute Gasteiger partial charge is 0.497 e. The Bertz CT molecular complexity index is 1180. The maximum atomic E-state index is 13.7. The van der Waals surface area contributed by atoms with Crippen LogP contribution in [0.4, 0.5) is 13.2 Å². The zero-order valence-electron chi connectivity index (χ0n) is 16.1. The molecule has 0 atom stereocenters. The minimum absolute atomic E-state index is 0.0538. The number of aromatic nitrogens is 1. The summed E-state index contributed by atoms with van der Waals surface area (Å²) >= 11 is 0. The molecule has 0 aliphatic carbocycles. The number of carbonyl (C=O) groups excluding carboxylic acids is 1. The number of halogens is 3. The zero-order valence-corrected chi connectivity index (χ0v) is 16.9. The topological polar surface area (TPSA) is 74.6 Å². The fourth-order valence-corrected chi connectivity index (χ4v) is 4.05. The first-order chi connectivity index (χ1) is 14.1. The van der Waals surface area contributed by atoms with Crippen LogP contribution in [0, 0.1) is 6.92 Å². The Kier molecular flexibility index (Phi) is 5.91. The van der Waals surface area contributed by atoms with E-state index >= 15 is 0 Å². The van der Waals surface area contributed by atoms with Crippen molar-refractivity contribution in [1.29, 1.82) is 0 Å². The molecule has 0 N–H and O–H groups in total. The van der Waals surface area contributed by atoms with E-state index in [4.69, 9.17) is 8.92 Å². The summed E-state index contributed by atoms with van der Waals surface area (Å²) in [7, 11) is -2.79. The summed E-state index contributed by atoms with van der Waals surface area (Å²) in [4.78, 5) is 11.4. The average Bonchev–Trinajstić information content (AvgIpc) is 3.01. The lowest BCUT2D eigenvalue weighted by Crippen LogP contribution is -2.19. The quantitative estimate of drug-likeness (QED) is 0.406. The molecule has 3 rings (SSSR count). The number of aldehydes is 1. The molecule has 0 saturated carbocycles. The lowest BCUT2D eigenvalue weighted by atomic mass is 10.1. The number of methoxy groups -OCH3 is 1. The fraction of sp³-hybridized carbons (Fsp3) is 0.250. The van der Waals surface area contributed by atoms with E-state index in [1.165, 1.54) is 37.4 Å². The predicted molar refractivity (Wildman–Crippen MR) is 103 cm³/mol. The highest BCUT2D eigenvalue weighted by molar-refractivity contribution is 7.86. The van der Waals surface area contributed by atoms with Gasteiger partial charge >= 0.3 is 6.18 Å². The van der Waals surface area contributed by atoms with Crippen LogP contribution in [0.25, 0.3) is 10.9 Å². The van der Waals surface area contributed by atoms with Gasteiger partial charge in [-0.3, -0.25) is 8.98 Å². The molecule has 1 heterocycles. The van der Waals surface area contributed by atoms with Gasteiger partial charge in [0.25, 0.3) is 10.1 Å². The number of ether oxygens (including phenoxy) is 1. The molecule has 0 radical (unpaired) electrons. The maximum absolute atomic E-state index is 13.7. The van der Waals surface area contributed by atoms with Gasteiger partial charge in [-0.1, -0.05) is 17.7 Å². The van der Waals surface area contributed by atoms with Crippen molar-refractivity contribution in [2.24, 2.45) is 0 Å². The molecule has 6 nitrogen and oxygen atoms in total. The Morgan fingerprint density at radius 1 is 1.10 bits per heavy atom. The molecule has 30 heavy (non-hydrogen) atoms. The van der Waals surface area contributed by atoms with Crippen LogP contribution in [-0.4, -0.2) is 33.0 Å². The number of alkyl halides is 3. The number of fused-ring (bicyclic) bond motifs is 1. The van der Waals surface area contributed by atoms with Crippen LogP contribution in [0.3, 0.4) is 0 Å². The van der Waals surface area contributed by atoms with Gasteiger partial charge in [-0.25, -0.2) is 0 Å². The van der Waals surface area contributed by atoms with Crippen LogP contribution in [0.1, 0.15) is 21.6 Å². The highest BCUT2D eigenvalue weighted by atomic mass is 32.2. The van der Waals surface area contributed by atoms with Crippen molar-refractivity contribution in [3.8, 4) is 5.75 Å². The number of carbonyl (C=O) groups is 1. The maximum Gasteiger partial charge on any atom is 0.432 e. The van der Waals surface area contributed by atoms with E-state index < -0.39 is 40.7 Å². The Morgan fingerprint density at radius 2 is 1.77 bits per heavy atom. The van der Waals surface area contributed by atoms with E-state index in [2.05, 4.69) is 0 Å². The van der Waals surface area contributed by atoms with Crippen LogP contribution in [0.2, 0.25) is 0 Å². The second-order valence-corrected chi connectivity index (χ2v) is 8.12. The summed E-state index contributed by atoms with van der Waals surface area (Å²) in [5.74, 6) is 0.287. The smallest absolute Gasteiger partial charge is 0.432 e. The van der Waals surface area contributed by atoms with Gasteiger partial charge in [0.2, 0.25) is 0 Å². The third-order valence-electron chi connectivity index (χ3n) is 4.56. The summed E-state index contributed by atoms with van der Waals surface area (Å²) in [6.07, 6.45) is -4.71. The molecule has 0 unspecified atom stereocenters. The third kappa shape index (κ3) is 4.19. The van der Waals surface area contributed by atoms with Crippen molar-refractivity contribution in [1.82, 2.24) is 4.57 Å². The van der Waals surface area contributed by atoms with E-state index in [9.17, 15) is 26.4 Å². The van der Waals surface area contributed by atoms with Crippen molar-refractivity contribution >= 4 is 27.3 Å². The molecular weight excluding hydrogens is 423 g/mol. The number of aryl methyl sites for hydroxylation is 1. The number of hydrogen-bond acceptors (Lipinski definition) is 5. The van der Waals surface area contributed by atoms with Crippen molar-refractivity contribution in [3.63, 3.8) is 0 Å². The molecule has 0 bridgehead atoms. The van der Waals surface area contributed by atoms with Crippen LogP contribution < -0.4 is 4.74 Å². The van der Waals surface area contributed by atoms with Crippen molar-refractivity contribution in [2.45, 2.75) is 24.5 Å². The molecule has 0 aliphatic heterocycles. The standard InChI is InChI=1S/C20H18F3NO5S/c1-13-3-6-15(7-4-13)30(26,27)29-10-9-24-18-8-5-14(28-2)11-16(18)17(12-25)19(24)20(21,22)23/h3-8,11-12H,9-10H2,1-2H3. The van der Waals surface area contributed by atoms with Gasteiger partial charge in [-0.05, 0) is 37.3 Å². The van der Waals surface area contributed by atoms with Gasteiger partial charge in [-0.2, -0.15) is 21.6 Å². The molecule has 0 fully saturated rings. The fourth-order valence-electron chi connectivity index (χ4n) is 3.16. The second kappa shape index (κ2) is 8.11. The lowest BCUT2D eigenvalue weighted by molar-refractivity contribution is -0.143. The monoisotopic (exact) mass is 441 g/mol. The Hall–Kier alpha value is -2.85. The first-order valence-corrected chi connectivity index (χ1v) is 10.2. The summed E-state index contributed by atoms with van der Waals surface area (Å²) in [5, 5.41) is 0.0538. The zero-order chi connectivity index (χ0) is 22.1. The van der Waals surface area contributed by atoms with Crippen LogP contribution in [0.15, 0.2) is 47.4 Å². The molecule has 1 aromatic heterocycles. The number of hydrogen-bond donors (Lipinski definition) is 0. The number of rotatable bonds is 7. The second-order valence-electron chi connectivity index (χ2n) is 6.50. The normalized spacial score (nSPS) is 12.3. The summed E-state index contributed by atoms with van der Waals surface area (Å²) in [6, 6.07) is 10.0. The Labute approximate surface area is 170 Å². The summed E-state index contributed by atoms with van der Waals surface area (Å²) in [6.45, 7) is 0.802. The van der Waals surface area contributed by atoms with E-state index in [0.717, 1.165) is 10.1 Å². The predicted octanol–water partition coefficient (Wildman–Crippen LogP) is 4.20. The van der Waals surface area contributed by atoms with Crippen LogP contribution >= 0.6 is 0 Å². The highest BCUT2D eigenvalue weighted by Crippen LogP contribution is 2.38. The van der Waals surface area contributed by atoms with E-state index in [0.29, 0.717) is 0 Å². The molecule has 0 amide bonds. The van der Waals surface area contributed by atoms with Gasteiger partial charge in [0.05, 0.1) is 24.2 Å². The average molecular weight is 441 g/mol. The molecular formula is C20H18F3NO5S. The number of nitrogens with zero attached hydrogens (tertiary/aromatic N) is 1. The van der Waals surface area contributed by atoms with Gasteiger partial charge < -0.3 is 9.30 Å². The minimum atomic E-state index is -4.83. The highest BCUT2D eigenvalue weighted by Gasteiger charge is 2.39. The number of benzene rings is 2. The molecule has 0 spiro atoms. The van der Waals surface area contributed by atoms with Gasteiger partial charge in [0.1, 0.15) is 11.4 Å². The third-order valence-corrected chi connectivity index (χ3v) is 5.89. The minimum Gasteiger partial charge on any atom is -0.497 e. The summed E-state index contributed by atoms with van der Waals surface area (Å²) < 4.78 is 76.5. The Morgan fingerprint density at radius 3 is 2.33 bits per heavy atom. The van der Waals surface area contributed by atoms with E-state index in [-0.39, 0.29) is 27.8 Å². The van der Waals surface area contributed by atoms with Crippen molar-refractivity contribution < 1.29 is 35.3 Å². The van der Waals surface area contributed by atoms with Crippen LogP contribution in [0.5, 0.6) is 5.75 Å². The molecule has 160 valence electrons. The Balaban J connectivity index is 1.97. The lowest BCUT2D eigenvalue weighted by Gasteiger charge is -2.14. The molecule has 0 saturated heterocycles. The first-order valence-electron chi connectivity index (χ1n) is 8.77. The SMILES string of the molecule is COc1ccc2c(c1)c(C=O)c(C(F)(F)F)n2CCOS(=O)(=O)c1ccc(C)cc1. The van der Waals surface area contributed by atoms with Crippen molar-refractivity contribution in [2.75, 3.05) is 13.7 Å². The molecule has 3 aromatic rings.